The van der Waals surface area contributed by atoms with Crippen LogP contribution in [0, 0.1) is 0 Å². The van der Waals surface area contributed by atoms with Gasteiger partial charge >= 0.3 is 0 Å². The van der Waals surface area contributed by atoms with E-state index in [9.17, 15) is 14.4 Å². The van der Waals surface area contributed by atoms with Gasteiger partial charge in [-0.2, -0.15) is 0 Å². The van der Waals surface area contributed by atoms with Crippen LogP contribution in [-0.4, -0.2) is 23.9 Å². The molecule has 1 heterocycles. The summed E-state index contributed by atoms with van der Waals surface area (Å²) in [6, 6.07) is 9.03. The summed E-state index contributed by atoms with van der Waals surface area (Å²) in [5.74, 6) is -0.594. The van der Waals surface area contributed by atoms with E-state index in [1.165, 1.54) is 13.1 Å². The molecule has 0 saturated carbocycles. The predicted molar refractivity (Wildman–Crippen MR) is 84.6 cm³/mol. The molecule has 0 aromatic heterocycles. The Hall–Kier alpha value is -1.94. The molecule has 1 aliphatic heterocycles. The number of benzene rings is 1. The third-order valence-corrected chi connectivity index (χ3v) is 4.38. The molecule has 0 amide bonds. The van der Waals surface area contributed by atoms with Crippen molar-refractivity contribution in [2.45, 2.75) is 31.6 Å². The molecule has 1 aromatic carbocycles. The van der Waals surface area contributed by atoms with E-state index in [1.807, 2.05) is 18.2 Å². The van der Waals surface area contributed by atoms with Gasteiger partial charge < -0.3 is 5.32 Å². The molecule has 0 aliphatic carbocycles. The van der Waals surface area contributed by atoms with Gasteiger partial charge in [-0.25, -0.2) is 0 Å². The first kappa shape index (κ1) is 16.4. The fourth-order valence-corrected chi connectivity index (χ4v) is 3.01. The lowest BCUT2D eigenvalue weighted by Gasteiger charge is -2.31. The van der Waals surface area contributed by atoms with Gasteiger partial charge in [-0.3, -0.25) is 14.4 Å². The Kier molecular flexibility index (Phi) is 5.14. The van der Waals surface area contributed by atoms with Crippen molar-refractivity contribution in [3.05, 3.63) is 47.1 Å². The second-order valence-electron chi connectivity index (χ2n) is 5.40. The van der Waals surface area contributed by atoms with Crippen molar-refractivity contribution >= 4 is 29.0 Å². The average molecular weight is 320 g/mol. The molecule has 1 unspecified atom stereocenters. The van der Waals surface area contributed by atoms with Crippen molar-refractivity contribution in [3.63, 3.8) is 0 Å². The van der Waals surface area contributed by atoms with Crippen molar-refractivity contribution in [2.75, 3.05) is 6.54 Å². The summed E-state index contributed by atoms with van der Waals surface area (Å²) in [7, 11) is 0. The third kappa shape index (κ3) is 3.12. The van der Waals surface area contributed by atoms with Crippen molar-refractivity contribution in [2.24, 2.45) is 0 Å². The molecule has 0 bridgehead atoms. The summed E-state index contributed by atoms with van der Waals surface area (Å²) in [6.07, 6.45) is 2.29. The predicted octanol–water partition coefficient (Wildman–Crippen LogP) is 2.51. The molecule has 22 heavy (non-hydrogen) atoms. The smallest absolute Gasteiger partial charge is 0.175 e. The van der Waals surface area contributed by atoms with Crippen LogP contribution in [-0.2, 0) is 19.8 Å². The second kappa shape index (κ2) is 6.88. The number of ketones is 3. The number of Topliss-reactive ketones (excluding diaryl/α,β-unsaturated/α-hetero) is 3. The molecular weight excluding hydrogens is 302 g/mol. The van der Waals surface area contributed by atoms with E-state index < -0.39 is 5.41 Å². The lowest BCUT2D eigenvalue weighted by molar-refractivity contribution is -0.134. The summed E-state index contributed by atoms with van der Waals surface area (Å²) in [6.45, 7) is 1.39. The number of nitrogens with one attached hydrogen (secondary N) is 1. The first-order chi connectivity index (χ1) is 10.5. The van der Waals surface area contributed by atoms with Crippen LogP contribution in [0.2, 0.25) is 0 Å². The van der Waals surface area contributed by atoms with Crippen molar-refractivity contribution in [3.8, 4) is 0 Å². The van der Waals surface area contributed by atoms with E-state index in [2.05, 4.69) is 5.32 Å². The second-order valence-corrected chi connectivity index (χ2v) is 5.81. The van der Waals surface area contributed by atoms with Gasteiger partial charge in [-0.1, -0.05) is 41.9 Å². The number of halogens is 1. The molecule has 0 saturated heterocycles. The van der Waals surface area contributed by atoms with Crippen molar-refractivity contribution in [1.29, 1.82) is 0 Å². The van der Waals surface area contributed by atoms with Crippen LogP contribution in [0.1, 0.15) is 31.7 Å². The van der Waals surface area contributed by atoms with Crippen molar-refractivity contribution < 1.29 is 14.4 Å². The molecule has 2 rings (SSSR count). The van der Waals surface area contributed by atoms with Gasteiger partial charge in [0.25, 0.3) is 0 Å². The van der Waals surface area contributed by atoms with Crippen LogP contribution >= 0.6 is 11.6 Å². The van der Waals surface area contributed by atoms with Crippen molar-refractivity contribution in [1.82, 2.24) is 5.32 Å². The maximum absolute atomic E-state index is 12.7. The number of carbonyl (C=O) groups excluding carboxylic acids is 3. The first-order valence-electron chi connectivity index (χ1n) is 7.20. The van der Waals surface area contributed by atoms with Gasteiger partial charge in [0, 0.05) is 12.6 Å². The van der Waals surface area contributed by atoms with E-state index >= 15 is 0 Å². The van der Waals surface area contributed by atoms with Gasteiger partial charge in [0.2, 0.25) is 0 Å². The maximum atomic E-state index is 12.7. The first-order valence-corrected chi connectivity index (χ1v) is 7.58. The van der Waals surface area contributed by atoms with Gasteiger partial charge in [0.1, 0.15) is 11.2 Å². The van der Waals surface area contributed by atoms with Gasteiger partial charge in [0.15, 0.2) is 11.6 Å². The van der Waals surface area contributed by atoms with Crippen LogP contribution in [0.3, 0.4) is 0 Å². The van der Waals surface area contributed by atoms with E-state index in [-0.39, 0.29) is 35.3 Å². The molecule has 0 radical (unpaired) electrons. The molecule has 5 heteroatoms. The summed E-state index contributed by atoms with van der Waals surface area (Å²) >= 11 is 5.84. The molecule has 0 spiro atoms. The Morgan fingerprint density at radius 1 is 1.23 bits per heavy atom. The summed E-state index contributed by atoms with van der Waals surface area (Å²) in [5, 5.41) is 2.83. The van der Waals surface area contributed by atoms with Gasteiger partial charge in [-0.15, -0.1) is 0 Å². The van der Waals surface area contributed by atoms with Crippen LogP contribution in [0.25, 0.3) is 0 Å². The Bertz CT molecular complexity index is 624. The lowest BCUT2D eigenvalue weighted by Crippen LogP contribution is -2.46. The van der Waals surface area contributed by atoms with E-state index in [0.717, 1.165) is 0 Å². The van der Waals surface area contributed by atoms with Gasteiger partial charge in [0.05, 0.1) is 11.6 Å². The summed E-state index contributed by atoms with van der Waals surface area (Å²) in [5.41, 5.74) is -0.524. The quantitative estimate of drug-likeness (QED) is 0.851. The minimum absolute atomic E-state index is 0.0437. The van der Waals surface area contributed by atoms with E-state index in [1.54, 1.807) is 12.1 Å². The molecule has 4 nitrogen and oxygen atoms in total. The minimum atomic E-state index is -1.20. The number of rotatable bonds is 2. The van der Waals surface area contributed by atoms with Crippen LogP contribution in [0.15, 0.2) is 41.6 Å². The summed E-state index contributed by atoms with van der Waals surface area (Å²) in [4.78, 5) is 36.9. The maximum Gasteiger partial charge on any atom is 0.175 e. The lowest BCUT2D eigenvalue weighted by atomic mass is 9.70. The Morgan fingerprint density at radius 3 is 2.55 bits per heavy atom. The molecule has 0 fully saturated rings. The molecule has 1 N–H and O–H groups in total. The minimum Gasteiger partial charge on any atom is -0.382 e. The topological polar surface area (TPSA) is 63.2 Å². The third-order valence-electron chi connectivity index (χ3n) is 4.06. The molecular formula is C17H18ClNO3. The zero-order chi connectivity index (χ0) is 16.2. The highest BCUT2D eigenvalue weighted by atomic mass is 35.5. The molecule has 1 aliphatic rings. The number of carbonyl (C=O) groups is 3. The van der Waals surface area contributed by atoms with Gasteiger partial charge in [-0.05, 0) is 25.3 Å². The average Bonchev–Trinajstić information content (AvgIpc) is 2.51. The zero-order valence-electron chi connectivity index (χ0n) is 12.4. The molecule has 1 aromatic rings. The Labute approximate surface area is 134 Å². The normalized spacial score (nSPS) is 23.5. The number of allylic oxidation sites excluding steroid dienone is 1. The monoisotopic (exact) mass is 319 g/mol. The Morgan fingerprint density at radius 2 is 1.91 bits per heavy atom. The standard InChI is InChI=1S/C17H18ClNO3/c1-12(20)17(13-6-3-2-4-7-13)9-5-8-15(21)14(18)10-19-11-16(17)22/h2-4,6-7,10,19H,5,8-9,11H2,1H3. The number of hydrogen-bond donors (Lipinski definition) is 1. The fourth-order valence-electron chi connectivity index (χ4n) is 2.84. The Balaban J connectivity index is 2.45. The fraction of sp³-hybridized carbons (Fsp3) is 0.353. The number of hydrogen-bond acceptors (Lipinski definition) is 4. The highest BCUT2D eigenvalue weighted by Gasteiger charge is 2.43. The van der Waals surface area contributed by atoms with Crippen LogP contribution in [0.4, 0.5) is 0 Å². The van der Waals surface area contributed by atoms with Crippen LogP contribution in [0.5, 0.6) is 0 Å². The van der Waals surface area contributed by atoms with E-state index in [4.69, 9.17) is 11.6 Å². The highest BCUT2D eigenvalue weighted by molar-refractivity contribution is 6.42. The SMILES string of the molecule is CC(=O)C1(c2ccccc2)CCCC(=O)C(Cl)=CNCC1=O. The molecule has 1 atom stereocenters. The highest BCUT2D eigenvalue weighted by Crippen LogP contribution is 2.33. The molecule has 116 valence electrons. The zero-order valence-corrected chi connectivity index (χ0v) is 13.2. The van der Waals surface area contributed by atoms with Crippen LogP contribution < -0.4 is 5.32 Å². The van der Waals surface area contributed by atoms with E-state index in [0.29, 0.717) is 18.4 Å². The summed E-state index contributed by atoms with van der Waals surface area (Å²) < 4.78 is 0. The largest absolute Gasteiger partial charge is 0.382 e.